The van der Waals surface area contributed by atoms with Gasteiger partial charge in [-0.15, -0.1) is 0 Å². The second kappa shape index (κ2) is 5.69. The number of carbonyl (C=O) groups excluding carboxylic acids is 2. The first-order chi connectivity index (χ1) is 13.7. The molecule has 6 nitrogen and oxygen atoms in total. The lowest BCUT2D eigenvalue weighted by Gasteiger charge is -2.31. The third-order valence-corrected chi connectivity index (χ3v) is 7.25. The van der Waals surface area contributed by atoms with Crippen molar-refractivity contribution in [3.8, 4) is 0 Å². The lowest BCUT2D eigenvalue weighted by atomic mass is 10.0. The summed E-state index contributed by atoms with van der Waals surface area (Å²) in [6, 6.07) is 10.3. The standard InChI is InChI=1S/C22H24N4O2/c27-20(18-10-17(18)15-4-2-1-3-5-15)26-12-16-11-22(16,14-26)21(28)25-9-8-24-7-6-23-19(24)13-25/h1-7,16-18H,8-14H2. The van der Waals surface area contributed by atoms with Gasteiger partial charge in [0.1, 0.15) is 5.82 Å². The van der Waals surface area contributed by atoms with Crippen LogP contribution in [0.3, 0.4) is 0 Å². The largest absolute Gasteiger partial charge is 0.341 e. The zero-order valence-electron chi connectivity index (χ0n) is 15.8. The topological polar surface area (TPSA) is 58.4 Å². The van der Waals surface area contributed by atoms with Gasteiger partial charge in [0.15, 0.2) is 0 Å². The highest BCUT2D eigenvalue weighted by Crippen LogP contribution is 2.60. The van der Waals surface area contributed by atoms with E-state index in [9.17, 15) is 9.59 Å². The number of piperidine rings is 1. The second-order valence-corrected chi connectivity index (χ2v) is 8.90. The van der Waals surface area contributed by atoms with Crippen molar-refractivity contribution in [3.63, 3.8) is 0 Å². The molecule has 1 aromatic carbocycles. The molecule has 2 amide bonds. The fraction of sp³-hybridized carbons (Fsp3) is 0.500. The molecule has 2 aromatic rings. The smallest absolute Gasteiger partial charge is 0.231 e. The summed E-state index contributed by atoms with van der Waals surface area (Å²) >= 11 is 0. The summed E-state index contributed by atoms with van der Waals surface area (Å²) in [5.41, 5.74) is 0.946. The SMILES string of the molecule is O=C(C1CC1c1ccccc1)N1CC2CC2(C(=O)N2CCn3ccnc3C2)C1. The zero-order valence-corrected chi connectivity index (χ0v) is 15.8. The third kappa shape index (κ3) is 2.36. The molecule has 3 fully saturated rings. The summed E-state index contributed by atoms with van der Waals surface area (Å²) in [7, 11) is 0. The summed E-state index contributed by atoms with van der Waals surface area (Å²) in [4.78, 5) is 34.6. The third-order valence-electron chi connectivity index (χ3n) is 7.25. The van der Waals surface area contributed by atoms with Gasteiger partial charge in [0.05, 0.1) is 12.0 Å². The second-order valence-electron chi connectivity index (χ2n) is 8.90. The van der Waals surface area contributed by atoms with Crippen molar-refractivity contribution in [2.24, 2.45) is 17.3 Å². The van der Waals surface area contributed by atoms with E-state index in [1.807, 2.05) is 34.2 Å². The van der Waals surface area contributed by atoms with E-state index in [0.717, 1.165) is 38.3 Å². The van der Waals surface area contributed by atoms with Crippen molar-refractivity contribution in [2.75, 3.05) is 19.6 Å². The summed E-state index contributed by atoms with van der Waals surface area (Å²) < 4.78 is 2.12. The van der Waals surface area contributed by atoms with Gasteiger partial charge in [-0.3, -0.25) is 9.59 Å². The van der Waals surface area contributed by atoms with Crippen LogP contribution >= 0.6 is 0 Å². The number of hydrogen-bond acceptors (Lipinski definition) is 3. The van der Waals surface area contributed by atoms with Crippen LogP contribution in [0.15, 0.2) is 42.7 Å². The van der Waals surface area contributed by atoms with Crippen LogP contribution in [0.5, 0.6) is 0 Å². The maximum atomic E-state index is 13.3. The Morgan fingerprint density at radius 2 is 1.96 bits per heavy atom. The van der Waals surface area contributed by atoms with Crippen molar-refractivity contribution in [2.45, 2.75) is 31.8 Å². The van der Waals surface area contributed by atoms with Gasteiger partial charge in [0.2, 0.25) is 11.8 Å². The van der Waals surface area contributed by atoms with E-state index < -0.39 is 0 Å². The number of amides is 2. The minimum absolute atomic E-state index is 0.106. The molecule has 4 atom stereocenters. The van der Waals surface area contributed by atoms with Crippen LogP contribution in [-0.2, 0) is 22.7 Å². The Morgan fingerprint density at radius 1 is 1.11 bits per heavy atom. The number of fused-ring (bicyclic) bond motifs is 2. The number of benzene rings is 1. The van der Waals surface area contributed by atoms with E-state index in [1.54, 1.807) is 6.20 Å². The van der Waals surface area contributed by atoms with E-state index in [4.69, 9.17) is 0 Å². The fourth-order valence-electron chi connectivity index (χ4n) is 5.42. The molecule has 3 heterocycles. The molecule has 1 aromatic heterocycles. The first-order valence-electron chi connectivity index (χ1n) is 10.3. The molecule has 144 valence electrons. The van der Waals surface area contributed by atoms with E-state index in [1.165, 1.54) is 5.56 Å². The highest BCUT2D eigenvalue weighted by Gasteiger charge is 2.67. The predicted molar refractivity (Wildman–Crippen MR) is 102 cm³/mol. The maximum Gasteiger partial charge on any atom is 0.231 e. The summed E-state index contributed by atoms with van der Waals surface area (Å²) in [6.45, 7) is 3.50. The van der Waals surface area contributed by atoms with Crippen molar-refractivity contribution in [3.05, 3.63) is 54.1 Å². The molecule has 2 aliphatic carbocycles. The van der Waals surface area contributed by atoms with E-state index in [0.29, 0.717) is 24.9 Å². The quantitative estimate of drug-likeness (QED) is 0.822. The van der Waals surface area contributed by atoms with Crippen LogP contribution in [0.2, 0.25) is 0 Å². The molecule has 4 aliphatic rings. The molecule has 0 N–H and O–H groups in total. The van der Waals surface area contributed by atoms with Crippen molar-refractivity contribution >= 4 is 11.8 Å². The Bertz CT molecular complexity index is 954. The molecule has 1 saturated heterocycles. The fourth-order valence-corrected chi connectivity index (χ4v) is 5.42. The molecule has 2 aliphatic heterocycles. The van der Waals surface area contributed by atoms with Crippen LogP contribution in [0.25, 0.3) is 0 Å². The van der Waals surface area contributed by atoms with Gasteiger partial charge in [-0.05, 0) is 30.2 Å². The van der Waals surface area contributed by atoms with Crippen molar-refractivity contribution < 1.29 is 9.59 Å². The lowest BCUT2D eigenvalue weighted by molar-refractivity contribution is -0.139. The van der Waals surface area contributed by atoms with Gasteiger partial charge in [-0.25, -0.2) is 4.98 Å². The average Bonchev–Trinajstić information content (AvgIpc) is 3.58. The maximum absolute atomic E-state index is 13.3. The monoisotopic (exact) mass is 376 g/mol. The number of aromatic nitrogens is 2. The lowest BCUT2D eigenvalue weighted by Crippen LogP contribution is -2.45. The average molecular weight is 376 g/mol. The molecule has 0 bridgehead atoms. The summed E-state index contributed by atoms with van der Waals surface area (Å²) in [6.07, 6.45) is 5.66. The zero-order chi connectivity index (χ0) is 18.9. The predicted octanol–water partition coefficient (Wildman–Crippen LogP) is 1.88. The molecule has 6 heteroatoms. The Morgan fingerprint density at radius 3 is 2.82 bits per heavy atom. The van der Waals surface area contributed by atoms with Gasteiger partial charge < -0.3 is 14.4 Å². The molecule has 4 unspecified atom stereocenters. The van der Waals surface area contributed by atoms with E-state index in [-0.39, 0.29) is 23.1 Å². The molecular weight excluding hydrogens is 352 g/mol. The van der Waals surface area contributed by atoms with Crippen LogP contribution < -0.4 is 0 Å². The minimum atomic E-state index is -0.318. The van der Waals surface area contributed by atoms with Gasteiger partial charge in [0.25, 0.3) is 0 Å². The number of carbonyl (C=O) groups is 2. The highest BCUT2D eigenvalue weighted by atomic mass is 16.2. The number of imidazole rings is 1. The van der Waals surface area contributed by atoms with E-state index in [2.05, 4.69) is 21.7 Å². The summed E-state index contributed by atoms with van der Waals surface area (Å²) in [5, 5.41) is 0. The molecule has 0 radical (unpaired) electrons. The Hall–Kier alpha value is -2.63. The normalized spacial score (nSPS) is 32.6. The van der Waals surface area contributed by atoms with Crippen LogP contribution in [-0.4, -0.2) is 50.8 Å². The van der Waals surface area contributed by atoms with Crippen LogP contribution in [0.1, 0.15) is 30.1 Å². The van der Waals surface area contributed by atoms with Crippen LogP contribution in [0.4, 0.5) is 0 Å². The molecule has 28 heavy (non-hydrogen) atoms. The van der Waals surface area contributed by atoms with Gasteiger partial charge in [-0.1, -0.05) is 30.3 Å². The number of likely N-dealkylation sites (tertiary alicyclic amines) is 1. The van der Waals surface area contributed by atoms with Gasteiger partial charge in [0, 0.05) is 44.5 Å². The number of hydrogen-bond donors (Lipinski definition) is 0. The van der Waals surface area contributed by atoms with E-state index >= 15 is 0 Å². The van der Waals surface area contributed by atoms with Crippen molar-refractivity contribution in [1.82, 2.24) is 19.4 Å². The van der Waals surface area contributed by atoms with Gasteiger partial charge >= 0.3 is 0 Å². The first kappa shape index (κ1) is 16.3. The molecular formula is C22H24N4O2. The minimum Gasteiger partial charge on any atom is -0.341 e. The van der Waals surface area contributed by atoms with Crippen molar-refractivity contribution in [1.29, 1.82) is 0 Å². The number of nitrogens with zero attached hydrogens (tertiary/aromatic N) is 4. The number of rotatable bonds is 3. The Kier molecular flexibility index (Phi) is 3.32. The molecule has 2 saturated carbocycles. The molecule has 6 rings (SSSR count). The Balaban J connectivity index is 1.12. The van der Waals surface area contributed by atoms with Gasteiger partial charge in [-0.2, -0.15) is 0 Å². The molecule has 0 spiro atoms. The highest BCUT2D eigenvalue weighted by molar-refractivity contribution is 5.90. The Labute approximate surface area is 164 Å². The first-order valence-corrected chi connectivity index (χ1v) is 10.3. The van der Waals surface area contributed by atoms with Crippen LogP contribution in [0, 0.1) is 17.3 Å². The summed E-state index contributed by atoms with van der Waals surface area (Å²) in [5.74, 6) is 2.26.